The third-order valence-corrected chi connectivity index (χ3v) is 4.92. The first kappa shape index (κ1) is 25.4. The van der Waals surface area contributed by atoms with Gasteiger partial charge in [-0.1, -0.05) is 26.0 Å². The minimum atomic E-state index is -4.41. The second-order valence-corrected chi connectivity index (χ2v) is 9.53. The van der Waals surface area contributed by atoms with Crippen molar-refractivity contribution >= 4 is 17.6 Å². The second kappa shape index (κ2) is 8.96. The van der Waals surface area contributed by atoms with Gasteiger partial charge in [0.15, 0.2) is 5.78 Å². The molecule has 0 bridgehead atoms. The number of carbonyl (C=O) groups excluding carboxylic acids is 2. The Hall–Kier alpha value is -2.84. The summed E-state index contributed by atoms with van der Waals surface area (Å²) < 4.78 is 43.9. The molecule has 2 rings (SSSR count). The first-order chi connectivity index (χ1) is 14.5. The number of hydrogen-bond acceptors (Lipinski definition) is 5. The molecule has 0 radical (unpaired) electrons. The number of nitrogens with zero attached hydrogens (tertiary/aromatic N) is 2. The van der Waals surface area contributed by atoms with Crippen LogP contribution in [0.2, 0.25) is 0 Å². The highest BCUT2D eigenvalue weighted by atomic mass is 19.4. The molecular weight excluding hydrogens is 423 g/mol. The molecule has 1 saturated heterocycles. The molecule has 0 aliphatic carbocycles. The van der Waals surface area contributed by atoms with Gasteiger partial charge in [-0.3, -0.25) is 9.79 Å². The molecule has 0 saturated carbocycles. The Kier molecular flexibility index (Phi) is 7.11. The Morgan fingerprint density at radius 3 is 2.19 bits per heavy atom. The van der Waals surface area contributed by atoms with E-state index in [-0.39, 0.29) is 31.1 Å². The summed E-state index contributed by atoms with van der Waals surface area (Å²) in [6.07, 6.45) is -4.94. The number of amides is 1. The third-order valence-electron chi connectivity index (χ3n) is 4.92. The molecule has 0 atom stereocenters. The molecule has 0 unspecified atom stereocenters. The predicted octanol–water partition coefficient (Wildman–Crippen LogP) is 4.73. The summed E-state index contributed by atoms with van der Waals surface area (Å²) in [5.74, 6) is -0.357. The molecule has 0 aromatic heterocycles. The minimum Gasteiger partial charge on any atom is -0.444 e. The Bertz CT molecular complexity index is 940. The van der Waals surface area contributed by atoms with Crippen molar-refractivity contribution < 1.29 is 27.5 Å². The van der Waals surface area contributed by atoms with Crippen LogP contribution in [0.4, 0.5) is 18.0 Å². The van der Waals surface area contributed by atoms with Gasteiger partial charge in [-0.15, -0.1) is 0 Å². The van der Waals surface area contributed by atoms with E-state index in [0.717, 1.165) is 12.1 Å². The normalized spacial score (nSPS) is 19.7. The molecule has 0 spiro atoms. The summed E-state index contributed by atoms with van der Waals surface area (Å²) in [4.78, 5) is 30.8. The maximum Gasteiger partial charge on any atom is 0.416 e. The zero-order chi connectivity index (χ0) is 24.5. The molecule has 1 fully saturated rings. The summed E-state index contributed by atoms with van der Waals surface area (Å²) in [5, 5.41) is 0. The number of nitrogens with two attached hydrogens (primary N) is 1. The van der Waals surface area contributed by atoms with E-state index in [4.69, 9.17) is 10.5 Å². The SMILES string of the molecule is CC(=O)/C(N)=C1\CN(C(=O)OC(C)(C)C)CC(C)(C)C1=NCc1ccc(C(F)(F)F)cc1. The fourth-order valence-corrected chi connectivity index (χ4v) is 3.44. The number of rotatable bonds is 3. The molecule has 1 aromatic carbocycles. The fourth-order valence-electron chi connectivity index (χ4n) is 3.44. The first-order valence-electron chi connectivity index (χ1n) is 10.2. The number of halogens is 3. The van der Waals surface area contributed by atoms with Crippen LogP contribution in [0, 0.1) is 5.41 Å². The van der Waals surface area contributed by atoms with Gasteiger partial charge in [-0.05, 0) is 38.5 Å². The van der Waals surface area contributed by atoms with Crippen molar-refractivity contribution in [2.75, 3.05) is 13.1 Å². The lowest BCUT2D eigenvalue weighted by Crippen LogP contribution is -2.52. The Labute approximate surface area is 186 Å². The summed E-state index contributed by atoms with van der Waals surface area (Å²) in [5.41, 5.74) is 5.53. The first-order valence-corrected chi connectivity index (χ1v) is 10.2. The molecule has 32 heavy (non-hydrogen) atoms. The van der Waals surface area contributed by atoms with Crippen LogP contribution >= 0.6 is 0 Å². The number of ketones is 1. The topological polar surface area (TPSA) is 85.0 Å². The van der Waals surface area contributed by atoms with Crippen molar-refractivity contribution in [2.45, 2.75) is 59.9 Å². The largest absolute Gasteiger partial charge is 0.444 e. The zero-order valence-corrected chi connectivity index (χ0v) is 19.3. The number of alkyl halides is 3. The zero-order valence-electron chi connectivity index (χ0n) is 19.3. The number of hydrogen-bond donors (Lipinski definition) is 1. The number of likely N-dealkylation sites (tertiary alicyclic amines) is 1. The van der Waals surface area contributed by atoms with Crippen LogP contribution < -0.4 is 5.73 Å². The summed E-state index contributed by atoms with van der Waals surface area (Å²) in [6, 6.07) is 4.75. The lowest BCUT2D eigenvalue weighted by atomic mass is 9.78. The number of carbonyl (C=O) groups is 2. The average Bonchev–Trinajstić information content (AvgIpc) is 2.63. The Morgan fingerprint density at radius 2 is 1.72 bits per heavy atom. The number of aliphatic imine (C=N–C) groups is 1. The number of piperidine rings is 1. The molecule has 1 aromatic rings. The quantitative estimate of drug-likeness (QED) is 0.671. The minimum absolute atomic E-state index is 0.00231. The van der Waals surface area contributed by atoms with E-state index in [1.807, 2.05) is 13.8 Å². The van der Waals surface area contributed by atoms with Crippen LogP contribution in [0.25, 0.3) is 0 Å². The number of benzene rings is 1. The highest BCUT2D eigenvalue weighted by Gasteiger charge is 2.40. The van der Waals surface area contributed by atoms with E-state index in [2.05, 4.69) is 4.99 Å². The maximum absolute atomic E-state index is 12.8. The van der Waals surface area contributed by atoms with E-state index in [1.54, 1.807) is 20.8 Å². The smallest absolute Gasteiger partial charge is 0.416 e. The van der Waals surface area contributed by atoms with Crippen molar-refractivity contribution in [1.29, 1.82) is 0 Å². The van der Waals surface area contributed by atoms with Gasteiger partial charge in [0.2, 0.25) is 0 Å². The van der Waals surface area contributed by atoms with Crippen LogP contribution in [-0.2, 0) is 22.3 Å². The lowest BCUT2D eigenvalue weighted by molar-refractivity contribution is -0.137. The molecule has 1 aliphatic rings. The summed E-state index contributed by atoms with van der Waals surface area (Å²) in [7, 11) is 0. The molecule has 2 N–H and O–H groups in total. The van der Waals surface area contributed by atoms with Crippen LogP contribution in [0.1, 0.15) is 52.7 Å². The lowest BCUT2D eigenvalue weighted by Gasteiger charge is -2.41. The van der Waals surface area contributed by atoms with E-state index in [9.17, 15) is 22.8 Å². The van der Waals surface area contributed by atoms with Crippen molar-refractivity contribution in [3.8, 4) is 0 Å². The van der Waals surface area contributed by atoms with E-state index < -0.39 is 28.8 Å². The van der Waals surface area contributed by atoms with Crippen molar-refractivity contribution in [1.82, 2.24) is 4.90 Å². The summed E-state index contributed by atoms with van der Waals surface area (Å²) in [6.45, 7) is 10.8. The molecule has 1 heterocycles. The van der Waals surface area contributed by atoms with Crippen molar-refractivity contribution in [2.24, 2.45) is 16.1 Å². The van der Waals surface area contributed by atoms with Gasteiger partial charge >= 0.3 is 12.3 Å². The Balaban J connectivity index is 2.39. The molecule has 1 aliphatic heterocycles. The standard InChI is InChI=1S/C23H30F3N3O3/c1-14(30)18(27)17-12-29(20(31)32-21(2,3)4)13-22(5,6)19(17)28-11-15-7-9-16(10-8-15)23(24,25)26/h7-10H,11-13,27H2,1-6H3/b18-17-,28-19?. The van der Waals surface area contributed by atoms with Gasteiger partial charge in [-0.25, -0.2) is 4.79 Å². The monoisotopic (exact) mass is 453 g/mol. The van der Waals surface area contributed by atoms with Crippen LogP contribution in [-0.4, -0.2) is 41.2 Å². The highest BCUT2D eigenvalue weighted by molar-refractivity contribution is 6.11. The molecular formula is C23H30F3N3O3. The molecule has 6 nitrogen and oxygen atoms in total. The van der Waals surface area contributed by atoms with Crippen molar-refractivity contribution in [3.63, 3.8) is 0 Å². The maximum atomic E-state index is 12.8. The summed E-state index contributed by atoms with van der Waals surface area (Å²) >= 11 is 0. The van der Waals surface area contributed by atoms with E-state index >= 15 is 0 Å². The second-order valence-electron chi connectivity index (χ2n) is 9.53. The van der Waals surface area contributed by atoms with Gasteiger partial charge in [0.05, 0.1) is 24.4 Å². The molecule has 9 heteroatoms. The van der Waals surface area contributed by atoms with Gasteiger partial charge in [-0.2, -0.15) is 13.2 Å². The van der Waals surface area contributed by atoms with Crippen LogP contribution in [0.3, 0.4) is 0 Å². The van der Waals surface area contributed by atoms with Crippen molar-refractivity contribution in [3.05, 3.63) is 46.7 Å². The van der Waals surface area contributed by atoms with E-state index in [1.165, 1.54) is 24.0 Å². The van der Waals surface area contributed by atoms with Gasteiger partial charge in [0.25, 0.3) is 0 Å². The van der Waals surface area contributed by atoms with Crippen LogP contribution in [0.5, 0.6) is 0 Å². The molecule has 1 amide bonds. The van der Waals surface area contributed by atoms with Crippen LogP contribution in [0.15, 0.2) is 40.5 Å². The predicted molar refractivity (Wildman–Crippen MR) is 116 cm³/mol. The number of Topliss-reactive ketones (excluding diaryl/α,β-unsaturated/α-hetero) is 1. The van der Waals surface area contributed by atoms with E-state index in [0.29, 0.717) is 16.8 Å². The third kappa shape index (κ3) is 6.34. The fraction of sp³-hybridized carbons (Fsp3) is 0.522. The highest BCUT2D eigenvalue weighted by Crippen LogP contribution is 2.33. The van der Waals surface area contributed by atoms with Gasteiger partial charge < -0.3 is 15.4 Å². The van der Waals surface area contributed by atoms with Gasteiger partial charge in [0, 0.05) is 30.2 Å². The molecule has 176 valence electrons. The Morgan fingerprint density at radius 1 is 1.16 bits per heavy atom. The average molecular weight is 454 g/mol. The van der Waals surface area contributed by atoms with Gasteiger partial charge in [0.1, 0.15) is 5.60 Å². The number of allylic oxidation sites excluding steroid dienone is 1. The number of ether oxygens (including phenoxy) is 1.